The van der Waals surface area contributed by atoms with Crippen molar-refractivity contribution in [3.8, 4) is 5.75 Å². The van der Waals surface area contributed by atoms with Gasteiger partial charge < -0.3 is 15.0 Å². The third-order valence-electron chi connectivity index (χ3n) is 5.75. The highest BCUT2D eigenvalue weighted by Crippen LogP contribution is 2.20. The summed E-state index contributed by atoms with van der Waals surface area (Å²) in [6.45, 7) is 2.62. The Balaban J connectivity index is 1.59. The van der Waals surface area contributed by atoms with Crippen molar-refractivity contribution in [3.63, 3.8) is 0 Å². The average molecular weight is 522 g/mol. The molecule has 0 radical (unpaired) electrons. The number of ether oxygens (including phenoxy) is 1. The molecule has 3 rings (SSSR count). The van der Waals surface area contributed by atoms with Crippen molar-refractivity contribution in [1.29, 1.82) is 0 Å². The van der Waals surface area contributed by atoms with Gasteiger partial charge in [0.2, 0.25) is 11.8 Å². The fourth-order valence-electron chi connectivity index (χ4n) is 3.85. The maximum Gasteiger partial charge on any atom is 0.242 e. The highest BCUT2D eigenvalue weighted by molar-refractivity contribution is 9.10. The molecule has 32 heavy (non-hydrogen) atoms. The second-order valence-electron chi connectivity index (χ2n) is 8.22. The van der Waals surface area contributed by atoms with E-state index in [9.17, 15) is 9.59 Å². The summed E-state index contributed by atoms with van der Waals surface area (Å²) in [7, 11) is 0. The first-order chi connectivity index (χ1) is 15.4. The zero-order valence-electron chi connectivity index (χ0n) is 18.4. The number of nitrogens with zero attached hydrogens (tertiary/aromatic N) is 1. The lowest BCUT2D eigenvalue weighted by atomic mass is 10.1. The van der Waals surface area contributed by atoms with E-state index in [2.05, 4.69) is 21.2 Å². The first-order valence-electron chi connectivity index (χ1n) is 11.1. The zero-order chi connectivity index (χ0) is 22.9. The molecule has 0 bridgehead atoms. The first kappa shape index (κ1) is 24.6. The molecule has 0 aliphatic heterocycles. The van der Waals surface area contributed by atoms with Gasteiger partial charge in [0.05, 0.1) is 6.61 Å². The van der Waals surface area contributed by atoms with Crippen LogP contribution >= 0.6 is 27.5 Å². The number of carbonyl (C=O) groups excluding carboxylic acids is 2. The first-order valence-corrected chi connectivity index (χ1v) is 12.3. The van der Waals surface area contributed by atoms with Gasteiger partial charge in [-0.3, -0.25) is 9.59 Å². The number of nitrogens with one attached hydrogen (secondary N) is 1. The van der Waals surface area contributed by atoms with Gasteiger partial charge in [-0.2, -0.15) is 0 Å². The van der Waals surface area contributed by atoms with Crippen LogP contribution in [0.15, 0.2) is 53.0 Å². The summed E-state index contributed by atoms with van der Waals surface area (Å²) in [6.07, 6.45) is 5.20. The minimum atomic E-state index is -0.538. The second kappa shape index (κ2) is 12.3. The van der Waals surface area contributed by atoms with Crippen LogP contribution in [0.3, 0.4) is 0 Å². The summed E-state index contributed by atoms with van der Waals surface area (Å²) < 4.78 is 6.68. The van der Waals surface area contributed by atoms with Crippen LogP contribution in [-0.2, 0) is 16.1 Å². The fourth-order valence-corrected chi connectivity index (χ4v) is 4.24. The second-order valence-corrected chi connectivity index (χ2v) is 9.57. The van der Waals surface area contributed by atoms with Gasteiger partial charge in [0.25, 0.3) is 0 Å². The zero-order valence-corrected chi connectivity index (χ0v) is 20.7. The Labute approximate surface area is 203 Å². The maximum absolute atomic E-state index is 13.1. The molecule has 0 saturated heterocycles. The highest BCUT2D eigenvalue weighted by atomic mass is 79.9. The topological polar surface area (TPSA) is 58.6 Å². The molecule has 1 atom stereocenters. The molecule has 0 spiro atoms. The van der Waals surface area contributed by atoms with E-state index in [4.69, 9.17) is 16.3 Å². The number of carbonyl (C=O) groups is 2. The molecular weight excluding hydrogens is 492 g/mol. The molecule has 2 aromatic rings. The Kier molecular flexibility index (Phi) is 9.42. The lowest BCUT2D eigenvalue weighted by molar-refractivity contribution is -0.141. The summed E-state index contributed by atoms with van der Waals surface area (Å²) in [5, 5.41) is 3.78. The number of hydrogen-bond donors (Lipinski definition) is 1. The van der Waals surface area contributed by atoms with Gasteiger partial charge >= 0.3 is 0 Å². The highest BCUT2D eigenvalue weighted by Gasteiger charge is 2.28. The lowest BCUT2D eigenvalue weighted by Crippen LogP contribution is -2.49. The fraction of sp³-hybridized carbons (Fsp3) is 0.440. The third kappa shape index (κ3) is 7.52. The maximum atomic E-state index is 13.1. The summed E-state index contributed by atoms with van der Waals surface area (Å²) in [5.41, 5.74) is 0.986. The Morgan fingerprint density at radius 1 is 1.12 bits per heavy atom. The van der Waals surface area contributed by atoms with E-state index in [0.29, 0.717) is 31.0 Å². The van der Waals surface area contributed by atoms with E-state index in [1.54, 1.807) is 29.2 Å². The minimum absolute atomic E-state index is 0.0540. The Bertz CT molecular complexity index is 883. The van der Waals surface area contributed by atoms with Crippen LogP contribution in [0.1, 0.15) is 51.0 Å². The molecule has 0 aromatic heterocycles. The predicted octanol–water partition coefficient (Wildman–Crippen LogP) is 5.74. The quantitative estimate of drug-likeness (QED) is 0.406. The normalized spacial score (nSPS) is 14.7. The standard InChI is InChI=1S/C25H30BrClN2O3/c1-18(25(31)28-22-5-2-3-6-22)29(17-19-8-10-20(26)11-9-19)24(30)7-4-16-32-23-14-12-21(27)13-15-23/h8-15,18,22H,2-7,16-17H2,1H3,(H,28,31)/t18-/m0/s1. The van der Waals surface area contributed by atoms with Crippen LogP contribution in [0.25, 0.3) is 0 Å². The summed E-state index contributed by atoms with van der Waals surface area (Å²) in [6, 6.07) is 14.7. The van der Waals surface area contributed by atoms with Crippen molar-refractivity contribution in [3.05, 3.63) is 63.6 Å². The lowest BCUT2D eigenvalue weighted by Gasteiger charge is -2.30. The third-order valence-corrected chi connectivity index (χ3v) is 6.53. The number of rotatable bonds is 10. The van der Waals surface area contributed by atoms with Crippen molar-refractivity contribution in [2.45, 2.75) is 64.1 Å². The molecule has 7 heteroatoms. The van der Waals surface area contributed by atoms with Gasteiger partial charge in [0, 0.05) is 28.5 Å². The van der Waals surface area contributed by atoms with E-state index < -0.39 is 6.04 Å². The monoisotopic (exact) mass is 520 g/mol. The van der Waals surface area contributed by atoms with Crippen molar-refractivity contribution in [2.24, 2.45) is 0 Å². The Morgan fingerprint density at radius 2 is 1.78 bits per heavy atom. The van der Waals surface area contributed by atoms with Crippen molar-refractivity contribution < 1.29 is 14.3 Å². The average Bonchev–Trinajstić information content (AvgIpc) is 3.30. The van der Waals surface area contributed by atoms with Crippen molar-refractivity contribution in [1.82, 2.24) is 10.2 Å². The Morgan fingerprint density at radius 3 is 2.44 bits per heavy atom. The molecule has 172 valence electrons. The smallest absolute Gasteiger partial charge is 0.242 e. The van der Waals surface area contributed by atoms with E-state index >= 15 is 0 Å². The van der Waals surface area contributed by atoms with Gasteiger partial charge in [-0.25, -0.2) is 0 Å². The van der Waals surface area contributed by atoms with Gasteiger partial charge in [0.15, 0.2) is 0 Å². The van der Waals surface area contributed by atoms with E-state index in [-0.39, 0.29) is 17.9 Å². The van der Waals surface area contributed by atoms with Crippen LogP contribution < -0.4 is 10.1 Å². The van der Waals surface area contributed by atoms with E-state index in [1.807, 2.05) is 31.2 Å². The molecule has 1 aliphatic rings. The van der Waals surface area contributed by atoms with Crippen LogP contribution in [-0.4, -0.2) is 35.4 Å². The van der Waals surface area contributed by atoms with Gasteiger partial charge in [-0.1, -0.05) is 52.5 Å². The minimum Gasteiger partial charge on any atom is -0.494 e. The molecule has 2 aromatic carbocycles. The largest absolute Gasteiger partial charge is 0.494 e. The molecule has 5 nitrogen and oxygen atoms in total. The number of amides is 2. The summed E-state index contributed by atoms with van der Waals surface area (Å²) in [4.78, 5) is 27.7. The van der Waals surface area contributed by atoms with Gasteiger partial charge in [0.1, 0.15) is 11.8 Å². The predicted molar refractivity (Wildman–Crippen MR) is 131 cm³/mol. The van der Waals surface area contributed by atoms with Crippen LogP contribution in [0.2, 0.25) is 5.02 Å². The molecular formula is C25H30BrClN2O3. The van der Waals surface area contributed by atoms with Crippen LogP contribution in [0.5, 0.6) is 5.75 Å². The van der Waals surface area contributed by atoms with E-state index in [0.717, 1.165) is 41.5 Å². The summed E-state index contributed by atoms with van der Waals surface area (Å²) >= 11 is 9.33. The van der Waals surface area contributed by atoms with Crippen LogP contribution in [0, 0.1) is 0 Å². The SMILES string of the molecule is C[C@@H](C(=O)NC1CCCC1)N(Cc1ccc(Br)cc1)C(=O)CCCOc1ccc(Cl)cc1. The van der Waals surface area contributed by atoms with Crippen molar-refractivity contribution >= 4 is 39.3 Å². The molecule has 1 aliphatic carbocycles. The van der Waals surface area contributed by atoms with Gasteiger partial charge in [-0.05, 0) is 68.1 Å². The summed E-state index contributed by atoms with van der Waals surface area (Å²) in [5.74, 6) is 0.583. The Hall–Kier alpha value is -2.05. The molecule has 1 fully saturated rings. The number of hydrogen-bond acceptors (Lipinski definition) is 3. The van der Waals surface area contributed by atoms with E-state index in [1.165, 1.54) is 0 Å². The van der Waals surface area contributed by atoms with Gasteiger partial charge in [-0.15, -0.1) is 0 Å². The molecule has 2 amide bonds. The number of halogens is 2. The number of benzene rings is 2. The molecule has 0 unspecified atom stereocenters. The van der Waals surface area contributed by atoms with Crippen LogP contribution in [0.4, 0.5) is 0 Å². The molecule has 1 N–H and O–H groups in total. The van der Waals surface area contributed by atoms with Crippen molar-refractivity contribution in [2.75, 3.05) is 6.61 Å². The molecule has 0 heterocycles. The molecule has 1 saturated carbocycles.